The number of fused-ring (bicyclic) bond motifs is 1. The lowest BCUT2D eigenvalue weighted by Gasteiger charge is -2.10. The molecule has 0 aliphatic rings. The van der Waals surface area contributed by atoms with E-state index in [9.17, 15) is 4.39 Å². The summed E-state index contributed by atoms with van der Waals surface area (Å²) in [6.07, 6.45) is 0.483. The maximum absolute atomic E-state index is 13.3. The molecule has 0 spiro atoms. The van der Waals surface area contributed by atoms with Crippen molar-refractivity contribution in [1.82, 2.24) is 19.2 Å². The Bertz CT molecular complexity index is 913. The molecular formula is C17H20ClFN4O. The highest BCUT2D eigenvalue weighted by atomic mass is 35.5. The molecule has 7 heteroatoms. The van der Waals surface area contributed by atoms with Crippen LogP contribution in [0.4, 0.5) is 4.39 Å². The highest BCUT2D eigenvalue weighted by Crippen LogP contribution is 2.38. The van der Waals surface area contributed by atoms with Crippen LogP contribution in [0.3, 0.4) is 0 Å². The van der Waals surface area contributed by atoms with Crippen molar-refractivity contribution in [2.24, 2.45) is 0 Å². The second kappa shape index (κ2) is 6.09. The second-order valence-electron chi connectivity index (χ2n) is 5.88. The Morgan fingerprint density at radius 3 is 2.62 bits per heavy atom. The maximum Gasteiger partial charge on any atom is 0.237 e. The molecule has 0 aliphatic heterocycles. The van der Waals surface area contributed by atoms with Crippen LogP contribution in [-0.2, 0) is 6.54 Å². The van der Waals surface area contributed by atoms with Gasteiger partial charge in [0.2, 0.25) is 12.2 Å². The summed E-state index contributed by atoms with van der Waals surface area (Å²) < 4.78 is 22.1. The van der Waals surface area contributed by atoms with Crippen molar-refractivity contribution in [1.29, 1.82) is 0 Å². The van der Waals surface area contributed by atoms with E-state index in [0.717, 1.165) is 28.2 Å². The van der Waals surface area contributed by atoms with Gasteiger partial charge in [0.25, 0.3) is 0 Å². The predicted octanol–water partition coefficient (Wildman–Crippen LogP) is 4.49. The molecule has 0 aromatic carbocycles. The molecule has 3 aromatic heterocycles. The van der Waals surface area contributed by atoms with Crippen molar-refractivity contribution in [3.05, 3.63) is 34.1 Å². The van der Waals surface area contributed by atoms with Gasteiger partial charge in [-0.2, -0.15) is 5.10 Å². The SMILES string of the molecule is CCn1nc(-c2c(C)cc(C)c3nc(C)cn23)c(Cl)c1OC(C)F. The number of pyridine rings is 1. The number of hydrogen-bond acceptors (Lipinski definition) is 3. The Kier molecular flexibility index (Phi) is 4.25. The average molecular weight is 351 g/mol. The normalized spacial score (nSPS) is 12.8. The number of imidazole rings is 1. The largest absolute Gasteiger partial charge is 0.442 e. The molecule has 1 atom stereocenters. The quantitative estimate of drug-likeness (QED) is 0.696. The van der Waals surface area contributed by atoms with E-state index in [1.165, 1.54) is 6.92 Å². The summed E-state index contributed by atoms with van der Waals surface area (Å²) in [6.45, 7) is 9.70. The zero-order valence-electron chi connectivity index (χ0n) is 14.4. The molecule has 0 bridgehead atoms. The van der Waals surface area contributed by atoms with E-state index in [-0.39, 0.29) is 5.88 Å². The van der Waals surface area contributed by atoms with Crippen LogP contribution in [0.2, 0.25) is 5.02 Å². The topological polar surface area (TPSA) is 44.4 Å². The fourth-order valence-corrected chi connectivity index (χ4v) is 3.22. The Labute approximate surface area is 145 Å². The standard InChI is InChI=1S/C17H20ClFN4O/c1-6-23-17(24-12(5)19)13(18)14(21-23)15-9(2)7-10(3)16-20-11(4)8-22(15)16/h7-8,12H,6H2,1-5H3. The molecule has 0 saturated heterocycles. The molecule has 0 radical (unpaired) electrons. The van der Waals surface area contributed by atoms with Gasteiger partial charge in [0.1, 0.15) is 16.4 Å². The third-order valence-electron chi connectivity index (χ3n) is 3.88. The van der Waals surface area contributed by atoms with Gasteiger partial charge in [-0.1, -0.05) is 17.7 Å². The van der Waals surface area contributed by atoms with Gasteiger partial charge in [-0.15, -0.1) is 0 Å². The Morgan fingerprint density at radius 2 is 2.00 bits per heavy atom. The summed E-state index contributed by atoms with van der Waals surface area (Å²) in [5.74, 6) is 0.245. The van der Waals surface area contributed by atoms with Crippen LogP contribution in [0.1, 0.15) is 30.7 Å². The van der Waals surface area contributed by atoms with Gasteiger partial charge in [0, 0.05) is 19.7 Å². The molecule has 24 heavy (non-hydrogen) atoms. The predicted molar refractivity (Wildman–Crippen MR) is 92.5 cm³/mol. The van der Waals surface area contributed by atoms with Gasteiger partial charge < -0.3 is 4.74 Å². The Morgan fingerprint density at radius 1 is 1.29 bits per heavy atom. The number of hydrogen-bond donors (Lipinski definition) is 0. The third-order valence-corrected chi connectivity index (χ3v) is 4.22. The number of halogens is 2. The fraction of sp³-hybridized carbons (Fsp3) is 0.412. The van der Waals surface area contributed by atoms with Crippen molar-refractivity contribution >= 4 is 17.2 Å². The highest BCUT2D eigenvalue weighted by molar-refractivity contribution is 6.34. The number of aromatic nitrogens is 4. The number of nitrogens with zero attached hydrogens (tertiary/aromatic N) is 4. The van der Waals surface area contributed by atoms with Crippen LogP contribution in [0, 0.1) is 20.8 Å². The highest BCUT2D eigenvalue weighted by Gasteiger charge is 2.23. The molecule has 0 fully saturated rings. The lowest BCUT2D eigenvalue weighted by molar-refractivity contribution is 0.0752. The molecule has 0 N–H and O–H groups in total. The monoisotopic (exact) mass is 350 g/mol. The first-order chi connectivity index (χ1) is 11.3. The van der Waals surface area contributed by atoms with Crippen LogP contribution in [0.25, 0.3) is 17.0 Å². The van der Waals surface area contributed by atoms with Gasteiger partial charge in [-0.3, -0.25) is 4.40 Å². The van der Waals surface area contributed by atoms with Crippen molar-refractivity contribution in [3.8, 4) is 17.3 Å². The summed E-state index contributed by atoms with van der Waals surface area (Å²) in [5, 5.41) is 4.85. The molecule has 3 rings (SSSR count). The van der Waals surface area contributed by atoms with E-state index >= 15 is 0 Å². The number of alkyl halides is 1. The minimum Gasteiger partial charge on any atom is -0.442 e. The van der Waals surface area contributed by atoms with Crippen LogP contribution >= 0.6 is 11.6 Å². The molecule has 3 aromatic rings. The van der Waals surface area contributed by atoms with Crippen molar-refractivity contribution in [2.45, 2.75) is 47.5 Å². The van der Waals surface area contributed by atoms with Crippen LogP contribution in [0.5, 0.6) is 5.88 Å². The first kappa shape index (κ1) is 16.8. The van der Waals surface area contributed by atoms with Crippen molar-refractivity contribution < 1.29 is 9.13 Å². The molecule has 0 saturated carbocycles. The third kappa shape index (κ3) is 2.65. The van der Waals surface area contributed by atoms with Gasteiger partial charge in [-0.25, -0.2) is 14.1 Å². The summed E-state index contributed by atoms with van der Waals surface area (Å²) in [5.41, 5.74) is 5.25. The number of aryl methyl sites for hydroxylation is 4. The minimum atomic E-state index is -1.47. The lowest BCUT2D eigenvalue weighted by Crippen LogP contribution is -2.09. The molecule has 1 unspecified atom stereocenters. The van der Waals surface area contributed by atoms with Gasteiger partial charge in [0.15, 0.2) is 0 Å². The van der Waals surface area contributed by atoms with Gasteiger partial charge >= 0.3 is 0 Å². The summed E-state index contributed by atoms with van der Waals surface area (Å²) in [7, 11) is 0. The van der Waals surface area contributed by atoms with Gasteiger partial charge in [0.05, 0.1) is 11.4 Å². The maximum atomic E-state index is 13.3. The van der Waals surface area contributed by atoms with Crippen molar-refractivity contribution in [3.63, 3.8) is 0 Å². The van der Waals surface area contributed by atoms with Crippen LogP contribution in [-0.4, -0.2) is 25.5 Å². The Balaban J connectivity index is 2.30. The smallest absolute Gasteiger partial charge is 0.237 e. The van der Waals surface area contributed by atoms with Crippen LogP contribution in [0.15, 0.2) is 12.3 Å². The molecular weight excluding hydrogens is 331 g/mol. The zero-order valence-corrected chi connectivity index (χ0v) is 15.1. The van der Waals surface area contributed by atoms with Crippen LogP contribution < -0.4 is 4.74 Å². The molecule has 5 nitrogen and oxygen atoms in total. The second-order valence-corrected chi connectivity index (χ2v) is 6.26. The molecule has 0 amide bonds. The lowest BCUT2D eigenvalue weighted by atomic mass is 10.1. The van der Waals surface area contributed by atoms with E-state index < -0.39 is 6.36 Å². The average Bonchev–Trinajstić information content (AvgIpc) is 3.02. The van der Waals surface area contributed by atoms with E-state index in [2.05, 4.69) is 16.1 Å². The molecule has 0 aliphatic carbocycles. The van der Waals surface area contributed by atoms with E-state index in [0.29, 0.717) is 17.3 Å². The van der Waals surface area contributed by atoms with E-state index in [1.807, 2.05) is 38.3 Å². The summed E-state index contributed by atoms with van der Waals surface area (Å²) in [4.78, 5) is 4.56. The van der Waals surface area contributed by atoms with E-state index in [1.54, 1.807) is 4.68 Å². The fourth-order valence-electron chi connectivity index (χ4n) is 2.95. The molecule has 128 valence electrons. The first-order valence-corrected chi connectivity index (χ1v) is 8.24. The number of ether oxygens (including phenoxy) is 1. The summed E-state index contributed by atoms with van der Waals surface area (Å²) in [6, 6.07) is 2.05. The molecule has 3 heterocycles. The summed E-state index contributed by atoms with van der Waals surface area (Å²) >= 11 is 6.50. The number of rotatable bonds is 4. The Hall–Kier alpha value is -2.08. The minimum absolute atomic E-state index is 0.245. The van der Waals surface area contributed by atoms with E-state index in [4.69, 9.17) is 16.3 Å². The zero-order chi connectivity index (χ0) is 17.6. The van der Waals surface area contributed by atoms with Gasteiger partial charge in [-0.05, 0) is 38.8 Å². The van der Waals surface area contributed by atoms with Crippen molar-refractivity contribution in [2.75, 3.05) is 0 Å². The first-order valence-electron chi connectivity index (χ1n) is 7.86.